The van der Waals surface area contributed by atoms with Gasteiger partial charge < -0.3 is 43.4 Å². The van der Waals surface area contributed by atoms with Gasteiger partial charge in [-0.05, 0) is 24.7 Å². The monoisotopic (exact) mass is 626 g/mol. The maximum absolute atomic E-state index is 6.83. The molecule has 0 amide bonds. The van der Waals surface area contributed by atoms with Crippen LogP contribution >= 0.6 is 0 Å². The van der Waals surface area contributed by atoms with Gasteiger partial charge >= 0.3 is 46.1 Å². The van der Waals surface area contributed by atoms with Crippen LogP contribution in [0, 0.1) is 24.0 Å². The summed E-state index contributed by atoms with van der Waals surface area (Å²) in [5.74, 6) is 0.255. The third kappa shape index (κ3) is 9.52. The number of ether oxygens (including phenoxy) is 2. The summed E-state index contributed by atoms with van der Waals surface area (Å²) in [5, 5.41) is 0. The summed E-state index contributed by atoms with van der Waals surface area (Å²) in [6, 6.07) is 19.0. The van der Waals surface area contributed by atoms with Crippen LogP contribution in [0.4, 0.5) is 0 Å². The van der Waals surface area contributed by atoms with E-state index in [1.54, 1.807) is 0 Å². The normalized spacial score (nSPS) is 14.2. The molecular weight excluding hydrogens is 589 g/mol. The van der Waals surface area contributed by atoms with Crippen LogP contribution in [0.3, 0.4) is 0 Å². The van der Waals surface area contributed by atoms with Crippen LogP contribution in [0.5, 0.6) is 0 Å². The average molecular weight is 629 g/mol. The molecular formula is C29H40Br2Mg2O2. The second kappa shape index (κ2) is 19.9. The smallest absolute Gasteiger partial charge is 1.00 e. The second-order valence-electron chi connectivity index (χ2n) is 9.01. The Balaban J connectivity index is 0. The van der Waals surface area contributed by atoms with Crippen LogP contribution in [0.25, 0.3) is 11.1 Å². The summed E-state index contributed by atoms with van der Waals surface area (Å²) in [5.41, 5.74) is 4.59. The Morgan fingerprint density at radius 1 is 0.714 bits per heavy atom. The van der Waals surface area contributed by atoms with Crippen molar-refractivity contribution in [2.75, 3.05) is 13.2 Å². The summed E-state index contributed by atoms with van der Waals surface area (Å²) in [4.78, 5) is 0. The van der Waals surface area contributed by atoms with Gasteiger partial charge in [0, 0.05) is 0 Å². The Kier molecular flexibility index (Phi) is 21.6. The number of fused-ring (bicyclic) bond motifs is 3. The molecule has 1 aliphatic carbocycles. The standard InChI is InChI=1S/C29H40O2.2BrH.2Mg/c1-5-9-15-23(7-3)21-30-29(31-22-24(8-4)16-10-6-2)27-19-13-11-17-25(27)26-18-12-14-20-28(26)29;;;;/h11-12,17-20,23-24H,5-10,15-16,21-22H2,1-4H3;2*1H;;/q-2;;;2*+2/p-2. The first-order chi connectivity index (χ1) is 15.2. The van der Waals surface area contributed by atoms with Gasteiger partial charge in [0.2, 0.25) is 0 Å². The van der Waals surface area contributed by atoms with Crippen molar-refractivity contribution in [2.45, 2.75) is 84.8 Å². The van der Waals surface area contributed by atoms with E-state index in [4.69, 9.17) is 9.47 Å². The first-order valence-electron chi connectivity index (χ1n) is 12.5. The number of rotatable bonds is 14. The molecule has 186 valence electrons. The second-order valence-corrected chi connectivity index (χ2v) is 9.01. The molecule has 35 heavy (non-hydrogen) atoms. The van der Waals surface area contributed by atoms with Crippen molar-refractivity contribution in [3.05, 3.63) is 59.7 Å². The SMILES string of the molecule is CCCCC(CC)COC1(OCC(CC)CCCC)c2c[c-]ccc2-c2cc[c-]cc21.[Br-].[Br-].[Mg+2].[Mg+2]. The molecule has 0 fully saturated rings. The maximum Gasteiger partial charge on any atom is 2.00 e. The summed E-state index contributed by atoms with van der Waals surface area (Å²) < 4.78 is 13.7. The molecule has 2 aromatic rings. The zero-order chi connectivity index (χ0) is 22.1. The van der Waals surface area contributed by atoms with Crippen molar-refractivity contribution in [1.29, 1.82) is 0 Å². The number of hydrogen-bond acceptors (Lipinski definition) is 2. The molecule has 2 aromatic carbocycles. The third-order valence-corrected chi connectivity index (χ3v) is 6.86. The zero-order valence-electron chi connectivity index (χ0n) is 22.2. The minimum Gasteiger partial charge on any atom is -1.00 e. The van der Waals surface area contributed by atoms with Crippen LogP contribution in [-0.4, -0.2) is 59.3 Å². The Labute approximate surface area is 267 Å². The van der Waals surface area contributed by atoms with E-state index < -0.39 is 5.79 Å². The molecule has 6 heteroatoms. The van der Waals surface area contributed by atoms with Crippen LogP contribution in [0.15, 0.2) is 36.4 Å². The molecule has 1 aliphatic rings. The van der Waals surface area contributed by atoms with Gasteiger partial charge in [0.1, 0.15) is 5.79 Å². The molecule has 2 nitrogen and oxygen atoms in total. The van der Waals surface area contributed by atoms with Crippen LogP contribution in [0.1, 0.15) is 90.2 Å². The van der Waals surface area contributed by atoms with E-state index in [-0.39, 0.29) is 80.1 Å². The van der Waals surface area contributed by atoms with E-state index in [1.807, 2.05) is 12.1 Å². The number of hydrogen-bond donors (Lipinski definition) is 0. The molecule has 0 radical (unpaired) electrons. The first-order valence-corrected chi connectivity index (χ1v) is 12.5. The fraction of sp³-hybridized carbons (Fsp3) is 0.586. The fourth-order valence-corrected chi connectivity index (χ4v) is 4.64. The van der Waals surface area contributed by atoms with E-state index in [2.05, 4.69) is 64.1 Å². The number of benzene rings is 2. The topological polar surface area (TPSA) is 18.5 Å². The van der Waals surface area contributed by atoms with Gasteiger partial charge in [0.15, 0.2) is 0 Å². The van der Waals surface area contributed by atoms with Crippen molar-refractivity contribution in [2.24, 2.45) is 11.8 Å². The Hall–Kier alpha value is 0.852. The minimum atomic E-state index is -0.848. The van der Waals surface area contributed by atoms with E-state index >= 15 is 0 Å². The molecule has 0 saturated heterocycles. The van der Waals surface area contributed by atoms with Gasteiger partial charge in [-0.25, -0.2) is 0 Å². The van der Waals surface area contributed by atoms with Gasteiger partial charge in [0.05, 0.1) is 13.2 Å². The molecule has 0 saturated carbocycles. The molecule has 0 bridgehead atoms. The summed E-state index contributed by atoms with van der Waals surface area (Å²) in [6.45, 7) is 10.5. The van der Waals surface area contributed by atoms with Crippen molar-refractivity contribution >= 4 is 46.1 Å². The van der Waals surface area contributed by atoms with Crippen molar-refractivity contribution < 1.29 is 43.4 Å². The summed E-state index contributed by atoms with van der Waals surface area (Å²) in [7, 11) is 0. The quantitative estimate of drug-likeness (QED) is 0.178. The van der Waals surface area contributed by atoms with Gasteiger partial charge in [-0.1, -0.05) is 66.2 Å². The van der Waals surface area contributed by atoms with Gasteiger partial charge in [0.25, 0.3) is 0 Å². The predicted molar refractivity (Wildman–Crippen MR) is 140 cm³/mol. The molecule has 3 rings (SSSR count). The summed E-state index contributed by atoms with van der Waals surface area (Å²) in [6.07, 6.45) is 9.63. The fourth-order valence-electron chi connectivity index (χ4n) is 4.64. The molecule has 0 spiro atoms. The predicted octanol–water partition coefficient (Wildman–Crippen LogP) is 1.18. The molecule has 2 unspecified atom stereocenters. The van der Waals surface area contributed by atoms with E-state index in [1.165, 1.54) is 49.7 Å². The number of unbranched alkanes of at least 4 members (excludes halogenated alkanes) is 2. The third-order valence-electron chi connectivity index (χ3n) is 6.86. The molecule has 0 aromatic heterocycles. The van der Waals surface area contributed by atoms with Crippen LogP contribution in [0.2, 0.25) is 0 Å². The van der Waals surface area contributed by atoms with Gasteiger partial charge in [-0.2, -0.15) is 48.5 Å². The molecule has 0 aliphatic heterocycles. The minimum absolute atomic E-state index is 0. The molecule has 2 atom stereocenters. The maximum atomic E-state index is 6.83. The largest absolute Gasteiger partial charge is 2.00 e. The van der Waals surface area contributed by atoms with E-state index in [0.29, 0.717) is 25.0 Å². The van der Waals surface area contributed by atoms with Crippen LogP contribution in [-0.2, 0) is 15.3 Å². The Morgan fingerprint density at radius 3 is 1.46 bits per heavy atom. The first kappa shape index (κ1) is 38.0. The van der Waals surface area contributed by atoms with Crippen molar-refractivity contribution in [3.8, 4) is 11.1 Å². The zero-order valence-corrected chi connectivity index (χ0v) is 28.2. The molecule has 0 N–H and O–H groups in total. The van der Waals surface area contributed by atoms with Crippen LogP contribution < -0.4 is 34.0 Å². The van der Waals surface area contributed by atoms with E-state index in [0.717, 1.165) is 24.0 Å². The Morgan fingerprint density at radius 2 is 1.11 bits per heavy atom. The molecule has 0 heterocycles. The summed E-state index contributed by atoms with van der Waals surface area (Å²) >= 11 is 0. The van der Waals surface area contributed by atoms with Crippen molar-refractivity contribution in [3.63, 3.8) is 0 Å². The average Bonchev–Trinajstić information content (AvgIpc) is 3.10. The van der Waals surface area contributed by atoms with Crippen molar-refractivity contribution in [1.82, 2.24) is 0 Å². The number of halogens is 2. The van der Waals surface area contributed by atoms with Gasteiger partial charge in [-0.15, -0.1) is 22.3 Å². The van der Waals surface area contributed by atoms with Gasteiger partial charge in [-0.3, -0.25) is 0 Å². The Bertz CT molecular complexity index is 751. The van der Waals surface area contributed by atoms with E-state index in [9.17, 15) is 0 Å².